The quantitative estimate of drug-likeness (QED) is 0.844. The molecule has 0 radical (unpaired) electrons. The zero-order valence-corrected chi connectivity index (χ0v) is 14.2. The van der Waals surface area contributed by atoms with Crippen molar-refractivity contribution in [3.05, 3.63) is 50.7 Å². The third kappa shape index (κ3) is 2.57. The molecule has 0 bridgehead atoms. The molecule has 122 valence electrons. The Morgan fingerprint density at radius 3 is 2.78 bits per heavy atom. The van der Waals surface area contributed by atoms with Gasteiger partial charge < -0.3 is 9.47 Å². The van der Waals surface area contributed by atoms with E-state index in [1.165, 1.54) is 4.57 Å². The molecule has 23 heavy (non-hydrogen) atoms. The van der Waals surface area contributed by atoms with Crippen molar-refractivity contribution in [2.75, 3.05) is 6.54 Å². The molecule has 1 amide bonds. The van der Waals surface area contributed by atoms with Gasteiger partial charge in [-0.2, -0.15) is 5.10 Å². The predicted octanol–water partition coefficient (Wildman–Crippen LogP) is 2.06. The Morgan fingerprint density at radius 1 is 1.39 bits per heavy atom. The number of pyridine rings is 1. The number of rotatable bonds is 2. The molecule has 1 fully saturated rings. The standard InChI is InChI=1S/C16H19ClN4O2/c1-10-13(14(17)20(3)18-10)12-7-5-9-21(12)16(23)11-6-4-8-19(2)15(11)22/h4,6,8,12H,5,7,9H2,1-3H3/t12-/m0/s1. The molecule has 3 heterocycles. The molecular weight excluding hydrogens is 316 g/mol. The van der Waals surface area contributed by atoms with Crippen LogP contribution in [0.5, 0.6) is 0 Å². The number of nitrogens with zero attached hydrogens (tertiary/aromatic N) is 4. The lowest BCUT2D eigenvalue weighted by Gasteiger charge is -2.25. The third-order valence-electron chi connectivity index (χ3n) is 4.40. The number of likely N-dealkylation sites (tertiary alicyclic amines) is 1. The van der Waals surface area contributed by atoms with Crippen LogP contribution in [0.25, 0.3) is 0 Å². The summed E-state index contributed by atoms with van der Waals surface area (Å²) in [5.74, 6) is -0.243. The second kappa shape index (κ2) is 5.85. The number of halogens is 1. The van der Waals surface area contributed by atoms with Crippen LogP contribution >= 0.6 is 11.6 Å². The molecule has 6 nitrogen and oxygen atoms in total. The highest BCUT2D eigenvalue weighted by atomic mass is 35.5. The van der Waals surface area contributed by atoms with Crippen molar-refractivity contribution >= 4 is 17.5 Å². The molecule has 3 rings (SSSR count). The van der Waals surface area contributed by atoms with E-state index < -0.39 is 0 Å². The van der Waals surface area contributed by atoms with E-state index >= 15 is 0 Å². The van der Waals surface area contributed by atoms with Gasteiger partial charge >= 0.3 is 0 Å². The fourth-order valence-electron chi connectivity index (χ4n) is 3.25. The molecule has 1 aliphatic heterocycles. The van der Waals surface area contributed by atoms with E-state index in [0.29, 0.717) is 11.7 Å². The molecule has 0 aliphatic carbocycles. The third-order valence-corrected chi connectivity index (χ3v) is 4.84. The average molecular weight is 335 g/mol. The number of hydrogen-bond donors (Lipinski definition) is 0. The molecule has 1 aliphatic rings. The summed E-state index contributed by atoms with van der Waals surface area (Å²) in [6.07, 6.45) is 3.35. The second-order valence-electron chi connectivity index (χ2n) is 5.91. The van der Waals surface area contributed by atoms with Crippen LogP contribution in [0.1, 0.15) is 40.5 Å². The minimum Gasteiger partial charge on any atom is -0.331 e. The predicted molar refractivity (Wildman–Crippen MR) is 87.6 cm³/mol. The van der Waals surface area contributed by atoms with E-state index in [4.69, 9.17) is 11.6 Å². The number of aryl methyl sites for hydroxylation is 3. The van der Waals surface area contributed by atoms with Gasteiger partial charge in [0.15, 0.2) is 0 Å². The van der Waals surface area contributed by atoms with Crippen LogP contribution in [0.4, 0.5) is 0 Å². The Kier molecular flexibility index (Phi) is 4.02. The van der Waals surface area contributed by atoms with Gasteiger partial charge in [-0.1, -0.05) is 11.6 Å². The van der Waals surface area contributed by atoms with Gasteiger partial charge in [-0.05, 0) is 31.9 Å². The van der Waals surface area contributed by atoms with Crippen LogP contribution < -0.4 is 5.56 Å². The molecule has 0 N–H and O–H groups in total. The first-order valence-corrected chi connectivity index (χ1v) is 7.95. The maximum Gasteiger partial charge on any atom is 0.263 e. The van der Waals surface area contributed by atoms with Crippen LogP contribution in [-0.4, -0.2) is 31.7 Å². The second-order valence-corrected chi connectivity index (χ2v) is 6.27. The van der Waals surface area contributed by atoms with Gasteiger partial charge in [0.25, 0.3) is 11.5 Å². The van der Waals surface area contributed by atoms with E-state index in [1.54, 1.807) is 42.0 Å². The van der Waals surface area contributed by atoms with Crippen molar-refractivity contribution in [3.63, 3.8) is 0 Å². The molecule has 1 atom stereocenters. The van der Waals surface area contributed by atoms with Gasteiger partial charge in [-0.3, -0.25) is 14.3 Å². The van der Waals surface area contributed by atoms with Crippen LogP contribution in [0, 0.1) is 6.92 Å². The highest BCUT2D eigenvalue weighted by Crippen LogP contribution is 2.38. The van der Waals surface area contributed by atoms with Gasteiger partial charge in [0.05, 0.1) is 11.7 Å². The van der Waals surface area contributed by atoms with Crippen molar-refractivity contribution in [2.45, 2.75) is 25.8 Å². The highest BCUT2D eigenvalue weighted by molar-refractivity contribution is 6.30. The SMILES string of the molecule is Cc1nn(C)c(Cl)c1[C@@H]1CCCN1C(=O)c1cccn(C)c1=O. The lowest BCUT2D eigenvalue weighted by Crippen LogP contribution is -2.36. The van der Waals surface area contributed by atoms with E-state index in [2.05, 4.69) is 5.10 Å². The molecule has 0 saturated carbocycles. The summed E-state index contributed by atoms with van der Waals surface area (Å²) in [5, 5.41) is 4.88. The van der Waals surface area contributed by atoms with Crippen molar-refractivity contribution in [2.24, 2.45) is 14.1 Å². The minimum absolute atomic E-state index is 0.131. The lowest BCUT2D eigenvalue weighted by molar-refractivity contribution is 0.0733. The zero-order chi connectivity index (χ0) is 16.7. The first-order valence-electron chi connectivity index (χ1n) is 7.57. The molecule has 0 unspecified atom stereocenters. The molecule has 2 aromatic heterocycles. The molecule has 0 aromatic carbocycles. The van der Waals surface area contributed by atoms with Crippen LogP contribution in [-0.2, 0) is 14.1 Å². The van der Waals surface area contributed by atoms with Gasteiger partial charge in [0, 0.05) is 32.4 Å². The first kappa shape index (κ1) is 15.8. The van der Waals surface area contributed by atoms with Gasteiger partial charge in [-0.15, -0.1) is 0 Å². The Hall–Kier alpha value is -2.08. The Balaban J connectivity index is 2.00. The van der Waals surface area contributed by atoms with Gasteiger partial charge in [0.1, 0.15) is 10.7 Å². The summed E-state index contributed by atoms with van der Waals surface area (Å²) < 4.78 is 3.04. The summed E-state index contributed by atoms with van der Waals surface area (Å²) in [7, 11) is 3.43. The smallest absolute Gasteiger partial charge is 0.263 e. The normalized spacial score (nSPS) is 17.7. The molecular formula is C16H19ClN4O2. The topological polar surface area (TPSA) is 60.1 Å². The van der Waals surface area contributed by atoms with E-state index in [-0.39, 0.29) is 23.1 Å². The largest absolute Gasteiger partial charge is 0.331 e. The van der Waals surface area contributed by atoms with E-state index in [1.807, 2.05) is 6.92 Å². The average Bonchev–Trinajstić information content (AvgIpc) is 3.07. The van der Waals surface area contributed by atoms with Crippen LogP contribution in [0.15, 0.2) is 23.1 Å². The summed E-state index contributed by atoms with van der Waals surface area (Å²) in [5.41, 5.74) is 1.62. The lowest BCUT2D eigenvalue weighted by atomic mass is 10.1. The summed E-state index contributed by atoms with van der Waals surface area (Å²) >= 11 is 6.36. The van der Waals surface area contributed by atoms with Crippen molar-refractivity contribution in [1.29, 1.82) is 0 Å². The summed E-state index contributed by atoms with van der Waals surface area (Å²) in [4.78, 5) is 26.8. The number of carbonyl (C=O) groups is 1. The molecule has 0 spiro atoms. The Bertz CT molecular complexity index is 824. The zero-order valence-electron chi connectivity index (χ0n) is 13.4. The Labute approximate surface area is 139 Å². The fraction of sp³-hybridized carbons (Fsp3) is 0.438. The van der Waals surface area contributed by atoms with Gasteiger partial charge in [-0.25, -0.2) is 0 Å². The van der Waals surface area contributed by atoms with Crippen molar-refractivity contribution in [1.82, 2.24) is 19.2 Å². The fourth-order valence-corrected chi connectivity index (χ4v) is 3.55. The molecule has 2 aromatic rings. The van der Waals surface area contributed by atoms with E-state index in [9.17, 15) is 9.59 Å². The van der Waals surface area contributed by atoms with Crippen molar-refractivity contribution in [3.8, 4) is 0 Å². The van der Waals surface area contributed by atoms with Crippen molar-refractivity contribution < 1.29 is 4.79 Å². The monoisotopic (exact) mass is 334 g/mol. The van der Waals surface area contributed by atoms with Crippen LogP contribution in [0.2, 0.25) is 5.15 Å². The molecule has 7 heteroatoms. The number of aromatic nitrogens is 3. The highest BCUT2D eigenvalue weighted by Gasteiger charge is 2.35. The van der Waals surface area contributed by atoms with Crippen LogP contribution in [0.3, 0.4) is 0 Å². The minimum atomic E-state index is -0.280. The number of carbonyl (C=O) groups excluding carboxylic acids is 1. The molecule has 1 saturated heterocycles. The maximum atomic E-state index is 12.9. The maximum absolute atomic E-state index is 12.9. The van der Waals surface area contributed by atoms with Gasteiger partial charge in [0.2, 0.25) is 0 Å². The number of amides is 1. The first-order chi connectivity index (χ1) is 10.9. The summed E-state index contributed by atoms with van der Waals surface area (Å²) in [6.45, 7) is 2.51. The Morgan fingerprint density at radius 2 is 2.13 bits per heavy atom. The summed E-state index contributed by atoms with van der Waals surface area (Å²) in [6, 6.07) is 3.16. The van der Waals surface area contributed by atoms with E-state index in [0.717, 1.165) is 24.1 Å². The number of hydrogen-bond acceptors (Lipinski definition) is 3.